The molecule has 0 saturated heterocycles. The molecule has 6 heteroatoms. The summed E-state index contributed by atoms with van der Waals surface area (Å²) >= 11 is 0. The summed E-state index contributed by atoms with van der Waals surface area (Å²) in [5.74, 6) is -1.35. The standard InChI is InChI=1S/C18H24O6/c1-4-12-23-15(17(19)21-5-2)16(18(20)22-6-3)24-13-14-10-8-7-9-11-14/h4,7-11,15-16H,1,5-6,12-13H2,2-3H3/t15?,16-/m1/s1. The van der Waals surface area contributed by atoms with Gasteiger partial charge in [0, 0.05) is 0 Å². The highest BCUT2D eigenvalue weighted by atomic mass is 16.6. The topological polar surface area (TPSA) is 71.1 Å². The van der Waals surface area contributed by atoms with E-state index in [2.05, 4.69) is 6.58 Å². The van der Waals surface area contributed by atoms with Gasteiger partial charge in [0.05, 0.1) is 26.4 Å². The van der Waals surface area contributed by atoms with Crippen LogP contribution in [-0.2, 0) is 35.1 Å². The van der Waals surface area contributed by atoms with E-state index in [9.17, 15) is 9.59 Å². The van der Waals surface area contributed by atoms with Gasteiger partial charge in [-0.3, -0.25) is 0 Å². The first-order valence-electron chi connectivity index (χ1n) is 7.85. The minimum atomic E-state index is -1.22. The van der Waals surface area contributed by atoms with Crippen LogP contribution in [0.5, 0.6) is 0 Å². The van der Waals surface area contributed by atoms with Gasteiger partial charge in [0.25, 0.3) is 0 Å². The van der Waals surface area contributed by atoms with Crippen molar-refractivity contribution in [2.75, 3.05) is 19.8 Å². The molecule has 2 atom stereocenters. The predicted octanol–water partition coefficient (Wildman–Crippen LogP) is 2.27. The number of hydrogen-bond donors (Lipinski definition) is 0. The summed E-state index contributed by atoms with van der Waals surface area (Å²) in [6, 6.07) is 9.30. The number of rotatable bonds is 11. The van der Waals surface area contributed by atoms with E-state index < -0.39 is 24.1 Å². The van der Waals surface area contributed by atoms with Gasteiger partial charge in [-0.1, -0.05) is 36.4 Å². The Kier molecular flexibility index (Phi) is 9.41. The first-order chi connectivity index (χ1) is 11.6. The lowest BCUT2D eigenvalue weighted by molar-refractivity contribution is -0.183. The van der Waals surface area contributed by atoms with Crippen LogP contribution in [0, 0.1) is 0 Å². The molecule has 0 fully saturated rings. The second-order valence-electron chi connectivity index (χ2n) is 4.76. The molecule has 0 aliphatic carbocycles. The Morgan fingerprint density at radius 1 is 1.00 bits per heavy atom. The number of benzene rings is 1. The molecule has 24 heavy (non-hydrogen) atoms. The average Bonchev–Trinajstić information content (AvgIpc) is 2.59. The van der Waals surface area contributed by atoms with Gasteiger partial charge in [-0.25, -0.2) is 9.59 Å². The van der Waals surface area contributed by atoms with Crippen molar-refractivity contribution in [2.24, 2.45) is 0 Å². The smallest absolute Gasteiger partial charge is 0.338 e. The number of carbonyl (C=O) groups is 2. The van der Waals surface area contributed by atoms with E-state index in [-0.39, 0.29) is 26.4 Å². The average molecular weight is 336 g/mol. The molecule has 1 aromatic rings. The van der Waals surface area contributed by atoms with Gasteiger partial charge in [-0.15, -0.1) is 6.58 Å². The van der Waals surface area contributed by atoms with Crippen molar-refractivity contribution < 1.29 is 28.5 Å². The maximum absolute atomic E-state index is 12.2. The van der Waals surface area contributed by atoms with Gasteiger partial charge in [0.2, 0.25) is 0 Å². The molecule has 0 N–H and O–H groups in total. The summed E-state index contributed by atoms with van der Waals surface area (Å²) in [6.07, 6.45) is -0.957. The number of ether oxygens (including phenoxy) is 4. The quantitative estimate of drug-likeness (QED) is 0.456. The van der Waals surface area contributed by atoms with E-state index in [1.165, 1.54) is 6.08 Å². The highest BCUT2D eigenvalue weighted by Gasteiger charge is 2.38. The molecule has 0 aliphatic heterocycles. The molecule has 132 valence electrons. The highest BCUT2D eigenvalue weighted by molar-refractivity contribution is 5.85. The monoisotopic (exact) mass is 336 g/mol. The Morgan fingerprint density at radius 3 is 2.04 bits per heavy atom. The van der Waals surface area contributed by atoms with Gasteiger partial charge in [0.15, 0.2) is 12.2 Å². The van der Waals surface area contributed by atoms with Crippen molar-refractivity contribution in [1.29, 1.82) is 0 Å². The third-order valence-electron chi connectivity index (χ3n) is 2.98. The lowest BCUT2D eigenvalue weighted by atomic mass is 10.2. The van der Waals surface area contributed by atoms with E-state index in [1.807, 2.05) is 30.3 Å². The second kappa shape index (κ2) is 11.4. The fraction of sp³-hybridized carbons (Fsp3) is 0.444. The Labute approximate surface area is 142 Å². The van der Waals surface area contributed by atoms with Crippen LogP contribution in [0.15, 0.2) is 43.0 Å². The van der Waals surface area contributed by atoms with E-state index in [0.29, 0.717) is 0 Å². The van der Waals surface area contributed by atoms with E-state index in [1.54, 1.807) is 13.8 Å². The first kappa shape index (κ1) is 19.9. The molecule has 0 amide bonds. The van der Waals surface area contributed by atoms with Crippen molar-refractivity contribution in [1.82, 2.24) is 0 Å². The Morgan fingerprint density at radius 2 is 1.54 bits per heavy atom. The minimum Gasteiger partial charge on any atom is -0.464 e. The normalized spacial score (nSPS) is 12.9. The Hall–Kier alpha value is -2.18. The minimum absolute atomic E-state index is 0.0775. The van der Waals surface area contributed by atoms with E-state index in [4.69, 9.17) is 18.9 Å². The summed E-state index contributed by atoms with van der Waals surface area (Å²) in [6.45, 7) is 7.44. The van der Waals surface area contributed by atoms with Gasteiger partial charge < -0.3 is 18.9 Å². The van der Waals surface area contributed by atoms with Crippen LogP contribution in [0.2, 0.25) is 0 Å². The lowest BCUT2D eigenvalue weighted by Crippen LogP contribution is -2.45. The molecular formula is C18H24O6. The van der Waals surface area contributed by atoms with Crippen LogP contribution in [-0.4, -0.2) is 44.0 Å². The fourth-order valence-corrected chi connectivity index (χ4v) is 1.94. The fourth-order valence-electron chi connectivity index (χ4n) is 1.94. The Balaban J connectivity index is 2.90. The van der Waals surface area contributed by atoms with Crippen molar-refractivity contribution >= 4 is 11.9 Å². The van der Waals surface area contributed by atoms with Gasteiger partial charge in [0.1, 0.15) is 0 Å². The maximum atomic E-state index is 12.2. The van der Waals surface area contributed by atoms with Crippen LogP contribution in [0.1, 0.15) is 19.4 Å². The zero-order valence-electron chi connectivity index (χ0n) is 14.1. The number of hydrogen-bond acceptors (Lipinski definition) is 6. The Bertz CT molecular complexity index is 514. The van der Waals surface area contributed by atoms with Crippen molar-refractivity contribution in [2.45, 2.75) is 32.7 Å². The number of carbonyl (C=O) groups excluding carboxylic acids is 2. The zero-order chi connectivity index (χ0) is 17.8. The van der Waals surface area contributed by atoms with Crippen molar-refractivity contribution in [3.05, 3.63) is 48.6 Å². The third-order valence-corrected chi connectivity index (χ3v) is 2.98. The van der Waals surface area contributed by atoms with Gasteiger partial charge in [-0.05, 0) is 19.4 Å². The zero-order valence-corrected chi connectivity index (χ0v) is 14.1. The van der Waals surface area contributed by atoms with Gasteiger partial charge in [-0.2, -0.15) is 0 Å². The maximum Gasteiger partial charge on any atom is 0.338 e. The molecule has 0 saturated carbocycles. The van der Waals surface area contributed by atoms with Crippen molar-refractivity contribution in [3.8, 4) is 0 Å². The predicted molar refractivity (Wildman–Crippen MR) is 88.2 cm³/mol. The summed E-state index contributed by atoms with van der Waals surface area (Å²) in [5, 5.41) is 0. The molecule has 1 aromatic carbocycles. The summed E-state index contributed by atoms with van der Waals surface area (Å²) in [5.41, 5.74) is 0.859. The highest BCUT2D eigenvalue weighted by Crippen LogP contribution is 2.13. The van der Waals surface area contributed by atoms with Crippen LogP contribution < -0.4 is 0 Å². The molecule has 0 spiro atoms. The van der Waals surface area contributed by atoms with Crippen molar-refractivity contribution in [3.63, 3.8) is 0 Å². The third kappa shape index (κ3) is 6.52. The molecule has 0 heterocycles. The molecule has 0 aliphatic rings. The summed E-state index contributed by atoms with van der Waals surface area (Å²) in [4.78, 5) is 24.4. The SMILES string of the molecule is C=CCOC(C(=O)OCC)[C@@H](OCc1ccccc1)C(=O)OCC. The molecule has 6 nitrogen and oxygen atoms in total. The number of esters is 2. The summed E-state index contributed by atoms with van der Waals surface area (Å²) in [7, 11) is 0. The van der Waals surface area contributed by atoms with Crippen LogP contribution in [0.3, 0.4) is 0 Å². The molecule has 0 bridgehead atoms. The summed E-state index contributed by atoms with van der Waals surface area (Å²) < 4.78 is 21.0. The van der Waals surface area contributed by atoms with Crippen LogP contribution in [0.4, 0.5) is 0 Å². The molecule has 1 rings (SSSR count). The second-order valence-corrected chi connectivity index (χ2v) is 4.76. The lowest BCUT2D eigenvalue weighted by Gasteiger charge is -2.24. The van der Waals surface area contributed by atoms with E-state index in [0.717, 1.165) is 5.56 Å². The molecule has 0 aromatic heterocycles. The van der Waals surface area contributed by atoms with Crippen LogP contribution >= 0.6 is 0 Å². The molecular weight excluding hydrogens is 312 g/mol. The van der Waals surface area contributed by atoms with Gasteiger partial charge >= 0.3 is 11.9 Å². The van der Waals surface area contributed by atoms with Crippen LogP contribution in [0.25, 0.3) is 0 Å². The molecule has 1 unspecified atom stereocenters. The molecule has 0 radical (unpaired) electrons. The largest absolute Gasteiger partial charge is 0.464 e. The first-order valence-corrected chi connectivity index (χ1v) is 7.85. The van der Waals surface area contributed by atoms with E-state index >= 15 is 0 Å².